The van der Waals surface area contributed by atoms with Gasteiger partial charge >= 0.3 is 5.97 Å². The molecule has 7 heteroatoms. The van der Waals surface area contributed by atoms with E-state index in [9.17, 15) is 13.2 Å². The van der Waals surface area contributed by atoms with E-state index >= 15 is 0 Å². The molecule has 0 saturated carbocycles. The Balaban J connectivity index is 2.99. The molecule has 0 aliphatic rings. The van der Waals surface area contributed by atoms with Crippen LogP contribution in [-0.2, 0) is 10.0 Å². The summed E-state index contributed by atoms with van der Waals surface area (Å²) in [5.41, 5.74) is 0. The molecule has 0 spiro atoms. The van der Waals surface area contributed by atoms with Gasteiger partial charge in [-0.25, -0.2) is 13.2 Å². The summed E-state index contributed by atoms with van der Waals surface area (Å²) < 4.78 is 30.4. The van der Waals surface area contributed by atoms with E-state index < -0.39 is 16.0 Å². The molecule has 1 aromatic rings. The molecule has 0 aromatic carbocycles. The third kappa shape index (κ3) is 3.11. The molecule has 0 saturated heterocycles. The minimum absolute atomic E-state index is 0.321. The first-order valence-electron chi connectivity index (χ1n) is 5.76. The van der Waals surface area contributed by atoms with Crippen LogP contribution in [0, 0.1) is 0 Å². The lowest BCUT2D eigenvalue weighted by atomic mass is 10.3. The number of furan rings is 1. The van der Waals surface area contributed by atoms with Crippen LogP contribution in [0.25, 0.3) is 0 Å². The van der Waals surface area contributed by atoms with Crippen LogP contribution in [-0.4, -0.2) is 36.9 Å². The molecule has 0 fully saturated rings. The highest BCUT2D eigenvalue weighted by molar-refractivity contribution is 7.89. The fourth-order valence-corrected chi connectivity index (χ4v) is 2.88. The summed E-state index contributed by atoms with van der Waals surface area (Å²) in [5.74, 6) is -1.66. The number of nitrogens with zero attached hydrogens (tertiary/aromatic N) is 1. The maximum absolute atomic E-state index is 12.1. The van der Waals surface area contributed by atoms with Crippen molar-refractivity contribution in [2.75, 3.05) is 13.1 Å². The van der Waals surface area contributed by atoms with Crippen LogP contribution in [0.5, 0.6) is 0 Å². The van der Waals surface area contributed by atoms with Crippen LogP contribution in [0.4, 0.5) is 0 Å². The van der Waals surface area contributed by atoms with Gasteiger partial charge in [-0.1, -0.05) is 20.3 Å². The Morgan fingerprint density at radius 2 is 2.06 bits per heavy atom. The summed E-state index contributed by atoms with van der Waals surface area (Å²) in [6.45, 7) is 4.42. The van der Waals surface area contributed by atoms with E-state index in [1.807, 2.05) is 6.92 Å². The highest BCUT2D eigenvalue weighted by Crippen LogP contribution is 2.19. The Bertz CT molecular complexity index is 505. The standard InChI is InChI=1S/C11H17NO5S/c1-3-5-8-12(4-2)18(15,16)10-7-6-9(17-10)11(13)14/h6-7H,3-5,8H2,1-2H3,(H,13,14). The molecule has 1 aromatic heterocycles. The first-order chi connectivity index (χ1) is 8.43. The minimum atomic E-state index is -3.73. The van der Waals surface area contributed by atoms with Crippen molar-refractivity contribution in [2.24, 2.45) is 0 Å². The number of sulfonamides is 1. The second-order valence-corrected chi connectivity index (χ2v) is 5.64. The van der Waals surface area contributed by atoms with E-state index in [2.05, 4.69) is 0 Å². The van der Waals surface area contributed by atoms with Gasteiger partial charge in [-0.2, -0.15) is 4.31 Å². The Morgan fingerprint density at radius 1 is 1.39 bits per heavy atom. The van der Waals surface area contributed by atoms with Crippen LogP contribution >= 0.6 is 0 Å². The Labute approximate surface area is 106 Å². The number of hydrogen-bond donors (Lipinski definition) is 1. The van der Waals surface area contributed by atoms with E-state index in [1.165, 1.54) is 10.4 Å². The highest BCUT2D eigenvalue weighted by atomic mass is 32.2. The normalized spacial score (nSPS) is 11.9. The summed E-state index contributed by atoms with van der Waals surface area (Å²) in [6.07, 6.45) is 1.63. The van der Waals surface area contributed by atoms with Crippen LogP contribution in [0.1, 0.15) is 37.2 Å². The van der Waals surface area contributed by atoms with Gasteiger partial charge in [0.05, 0.1) is 0 Å². The third-order valence-corrected chi connectivity index (χ3v) is 4.35. The molecule has 0 unspecified atom stereocenters. The maximum Gasteiger partial charge on any atom is 0.371 e. The lowest BCUT2D eigenvalue weighted by molar-refractivity contribution is 0.0656. The second kappa shape index (κ2) is 6.01. The van der Waals surface area contributed by atoms with E-state index in [0.717, 1.165) is 18.9 Å². The molecular weight excluding hydrogens is 258 g/mol. The van der Waals surface area contributed by atoms with Crippen molar-refractivity contribution in [3.8, 4) is 0 Å². The number of hydrogen-bond acceptors (Lipinski definition) is 4. The monoisotopic (exact) mass is 275 g/mol. The maximum atomic E-state index is 12.1. The van der Waals surface area contributed by atoms with E-state index in [-0.39, 0.29) is 10.9 Å². The highest BCUT2D eigenvalue weighted by Gasteiger charge is 2.27. The Morgan fingerprint density at radius 3 is 2.50 bits per heavy atom. The summed E-state index contributed by atoms with van der Waals surface area (Å²) in [4.78, 5) is 10.7. The number of rotatable bonds is 7. The van der Waals surface area contributed by atoms with E-state index in [0.29, 0.717) is 13.1 Å². The number of carboxylic acid groups (broad SMARTS) is 1. The van der Waals surface area contributed by atoms with Gasteiger partial charge in [0.15, 0.2) is 0 Å². The fourth-order valence-electron chi connectivity index (χ4n) is 1.48. The number of carbonyl (C=O) groups is 1. The van der Waals surface area contributed by atoms with Crippen molar-refractivity contribution in [2.45, 2.75) is 31.8 Å². The topological polar surface area (TPSA) is 87.8 Å². The third-order valence-electron chi connectivity index (χ3n) is 2.50. The van der Waals surface area contributed by atoms with Gasteiger partial charge in [0, 0.05) is 13.1 Å². The SMILES string of the molecule is CCCCN(CC)S(=O)(=O)c1ccc(C(=O)O)o1. The van der Waals surface area contributed by atoms with E-state index in [4.69, 9.17) is 9.52 Å². The molecule has 0 amide bonds. The minimum Gasteiger partial charge on any atom is -0.475 e. The zero-order chi connectivity index (χ0) is 13.8. The van der Waals surface area contributed by atoms with Gasteiger partial charge in [-0.05, 0) is 18.6 Å². The van der Waals surface area contributed by atoms with Gasteiger partial charge in [0.2, 0.25) is 10.9 Å². The molecular formula is C11H17NO5S. The average Bonchev–Trinajstić information content (AvgIpc) is 2.79. The van der Waals surface area contributed by atoms with Crippen molar-refractivity contribution in [1.82, 2.24) is 4.31 Å². The van der Waals surface area contributed by atoms with Gasteiger partial charge in [0.25, 0.3) is 10.0 Å². The molecule has 102 valence electrons. The molecule has 0 aliphatic carbocycles. The van der Waals surface area contributed by atoms with Gasteiger partial charge in [-0.3, -0.25) is 0 Å². The quantitative estimate of drug-likeness (QED) is 0.819. The largest absolute Gasteiger partial charge is 0.475 e. The lowest BCUT2D eigenvalue weighted by Gasteiger charge is -2.18. The predicted molar refractivity (Wildman–Crippen MR) is 65.0 cm³/mol. The van der Waals surface area contributed by atoms with Crippen LogP contribution < -0.4 is 0 Å². The lowest BCUT2D eigenvalue weighted by Crippen LogP contribution is -2.31. The summed E-state index contributed by atoms with van der Waals surface area (Å²) >= 11 is 0. The van der Waals surface area contributed by atoms with Crippen LogP contribution in [0.2, 0.25) is 0 Å². The van der Waals surface area contributed by atoms with Crippen LogP contribution in [0.15, 0.2) is 21.6 Å². The summed E-state index contributed by atoms with van der Waals surface area (Å²) in [7, 11) is -3.73. The van der Waals surface area contributed by atoms with Crippen molar-refractivity contribution in [3.05, 3.63) is 17.9 Å². The van der Waals surface area contributed by atoms with Gasteiger partial charge in [-0.15, -0.1) is 0 Å². The van der Waals surface area contributed by atoms with Crippen LogP contribution in [0.3, 0.4) is 0 Å². The molecule has 0 radical (unpaired) electrons. The summed E-state index contributed by atoms with van der Waals surface area (Å²) in [5, 5.41) is 8.38. The zero-order valence-corrected chi connectivity index (χ0v) is 11.2. The number of unbranched alkanes of at least 4 members (excludes halogenated alkanes) is 1. The van der Waals surface area contributed by atoms with Crippen molar-refractivity contribution >= 4 is 16.0 Å². The predicted octanol–water partition coefficient (Wildman–Crippen LogP) is 1.79. The molecule has 0 aliphatic heterocycles. The molecule has 1 N–H and O–H groups in total. The van der Waals surface area contributed by atoms with Gasteiger partial charge in [0.1, 0.15) is 0 Å². The smallest absolute Gasteiger partial charge is 0.371 e. The zero-order valence-electron chi connectivity index (χ0n) is 10.4. The average molecular weight is 275 g/mol. The second-order valence-electron chi connectivity index (χ2n) is 3.77. The molecule has 1 heterocycles. The Kier molecular flexibility index (Phi) is 4.92. The van der Waals surface area contributed by atoms with Crippen molar-refractivity contribution in [3.63, 3.8) is 0 Å². The molecule has 6 nitrogen and oxygen atoms in total. The van der Waals surface area contributed by atoms with Gasteiger partial charge < -0.3 is 9.52 Å². The first kappa shape index (κ1) is 14.7. The van der Waals surface area contributed by atoms with Crippen molar-refractivity contribution in [1.29, 1.82) is 0 Å². The molecule has 0 bridgehead atoms. The number of aromatic carboxylic acids is 1. The molecule has 1 rings (SSSR count). The van der Waals surface area contributed by atoms with Crippen molar-refractivity contribution < 1.29 is 22.7 Å². The van der Waals surface area contributed by atoms with E-state index in [1.54, 1.807) is 6.92 Å². The molecule has 0 atom stereocenters. The summed E-state index contributed by atoms with van der Waals surface area (Å²) in [6, 6.07) is 2.32. The molecule has 18 heavy (non-hydrogen) atoms. The number of carboxylic acids is 1. The Hall–Kier alpha value is -1.34. The fraction of sp³-hybridized carbons (Fsp3) is 0.545. The first-order valence-corrected chi connectivity index (χ1v) is 7.20.